The second-order valence-electron chi connectivity index (χ2n) is 5.98. The molecule has 0 saturated heterocycles. The van der Waals surface area contributed by atoms with Crippen LogP contribution < -0.4 is 15.5 Å². The Morgan fingerprint density at radius 2 is 1.61 bits per heavy atom. The van der Waals surface area contributed by atoms with Crippen molar-refractivity contribution in [2.45, 2.75) is 6.92 Å². The highest BCUT2D eigenvalue weighted by atomic mass is 15.1. The fraction of sp³-hybridized carbons (Fsp3) is 0.412. The standard InChI is InChI=1S/C17H26N6/c1-13-19-16(18-10-11-22(2)3)12-17(20-13)21-14-6-8-15(9-7-14)23(4)5/h6-9,12H,10-11H2,1-5H3,(H2,18,19,20,21). The topological polar surface area (TPSA) is 56.3 Å². The zero-order chi connectivity index (χ0) is 16.8. The summed E-state index contributed by atoms with van der Waals surface area (Å²) in [6, 6.07) is 10.2. The molecular formula is C17H26N6. The zero-order valence-electron chi connectivity index (χ0n) is 14.6. The van der Waals surface area contributed by atoms with Gasteiger partial charge in [-0.2, -0.15) is 0 Å². The van der Waals surface area contributed by atoms with Crippen molar-refractivity contribution < 1.29 is 0 Å². The first-order valence-electron chi connectivity index (χ1n) is 7.73. The second-order valence-corrected chi connectivity index (χ2v) is 5.98. The molecule has 2 aromatic rings. The number of nitrogens with one attached hydrogen (secondary N) is 2. The van der Waals surface area contributed by atoms with E-state index in [0.29, 0.717) is 0 Å². The van der Waals surface area contributed by atoms with Crippen LogP contribution in [-0.2, 0) is 0 Å². The minimum atomic E-state index is 0.743. The lowest BCUT2D eigenvalue weighted by molar-refractivity contribution is 0.425. The summed E-state index contributed by atoms with van der Waals surface area (Å²) < 4.78 is 0. The van der Waals surface area contributed by atoms with E-state index < -0.39 is 0 Å². The maximum Gasteiger partial charge on any atom is 0.136 e. The number of anilines is 4. The Morgan fingerprint density at radius 3 is 2.22 bits per heavy atom. The van der Waals surface area contributed by atoms with Crippen molar-refractivity contribution in [2.75, 3.05) is 56.8 Å². The monoisotopic (exact) mass is 314 g/mol. The van der Waals surface area contributed by atoms with E-state index in [2.05, 4.69) is 56.6 Å². The molecular weight excluding hydrogens is 288 g/mol. The summed E-state index contributed by atoms with van der Waals surface area (Å²) >= 11 is 0. The van der Waals surface area contributed by atoms with Gasteiger partial charge in [0.15, 0.2) is 0 Å². The van der Waals surface area contributed by atoms with Crippen molar-refractivity contribution in [1.82, 2.24) is 14.9 Å². The summed E-state index contributed by atoms with van der Waals surface area (Å²) in [5.41, 5.74) is 2.17. The Labute approximate surface area is 138 Å². The second kappa shape index (κ2) is 7.78. The molecule has 0 aliphatic carbocycles. The van der Waals surface area contributed by atoms with Crippen LogP contribution in [0.5, 0.6) is 0 Å². The van der Waals surface area contributed by atoms with Crippen molar-refractivity contribution in [3.63, 3.8) is 0 Å². The first-order valence-corrected chi connectivity index (χ1v) is 7.73. The van der Waals surface area contributed by atoms with Crippen LogP contribution >= 0.6 is 0 Å². The van der Waals surface area contributed by atoms with Gasteiger partial charge in [0, 0.05) is 44.6 Å². The Bertz CT molecular complexity index is 621. The third-order valence-electron chi connectivity index (χ3n) is 3.36. The molecule has 124 valence electrons. The fourth-order valence-corrected chi connectivity index (χ4v) is 2.12. The highest BCUT2D eigenvalue weighted by molar-refractivity contribution is 5.62. The molecule has 2 N–H and O–H groups in total. The number of hydrogen-bond acceptors (Lipinski definition) is 6. The molecule has 2 rings (SSSR count). The Hall–Kier alpha value is -2.34. The number of likely N-dealkylation sites (N-methyl/N-ethyl adjacent to an activating group) is 1. The molecule has 6 nitrogen and oxygen atoms in total. The third kappa shape index (κ3) is 5.41. The first-order chi connectivity index (χ1) is 10.9. The number of hydrogen-bond donors (Lipinski definition) is 2. The van der Waals surface area contributed by atoms with E-state index >= 15 is 0 Å². The molecule has 0 aliphatic rings. The highest BCUT2D eigenvalue weighted by Gasteiger charge is 2.03. The summed E-state index contributed by atoms with van der Waals surface area (Å²) in [4.78, 5) is 13.1. The van der Waals surface area contributed by atoms with E-state index in [0.717, 1.165) is 36.2 Å². The minimum Gasteiger partial charge on any atom is -0.378 e. The van der Waals surface area contributed by atoms with Crippen molar-refractivity contribution in [3.05, 3.63) is 36.2 Å². The molecule has 0 spiro atoms. The van der Waals surface area contributed by atoms with E-state index in [9.17, 15) is 0 Å². The van der Waals surface area contributed by atoms with Gasteiger partial charge in [0.2, 0.25) is 0 Å². The molecule has 1 heterocycles. The predicted octanol–water partition coefficient (Wildman–Crippen LogP) is 2.57. The van der Waals surface area contributed by atoms with Gasteiger partial charge in [0.25, 0.3) is 0 Å². The molecule has 0 atom stereocenters. The van der Waals surface area contributed by atoms with Crippen molar-refractivity contribution in [2.24, 2.45) is 0 Å². The van der Waals surface area contributed by atoms with E-state index in [4.69, 9.17) is 0 Å². The van der Waals surface area contributed by atoms with Gasteiger partial charge in [0.05, 0.1) is 0 Å². The van der Waals surface area contributed by atoms with Crippen LogP contribution in [0.1, 0.15) is 5.82 Å². The van der Waals surface area contributed by atoms with E-state index in [1.54, 1.807) is 0 Å². The summed E-state index contributed by atoms with van der Waals surface area (Å²) in [6.07, 6.45) is 0. The van der Waals surface area contributed by atoms with Crippen molar-refractivity contribution >= 4 is 23.0 Å². The molecule has 1 aromatic carbocycles. The normalized spacial score (nSPS) is 10.7. The lowest BCUT2D eigenvalue weighted by Gasteiger charge is -2.14. The molecule has 0 amide bonds. The summed E-state index contributed by atoms with van der Waals surface area (Å²) in [5, 5.41) is 6.66. The average molecular weight is 314 g/mol. The molecule has 0 radical (unpaired) electrons. The summed E-state index contributed by atoms with van der Waals surface area (Å²) in [6.45, 7) is 3.70. The molecule has 1 aromatic heterocycles. The van der Waals surface area contributed by atoms with Gasteiger partial charge in [0.1, 0.15) is 17.5 Å². The number of aromatic nitrogens is 2. The highest BCUT2D eigenvalue weighted by Crippen LogP contribution is 2.20. The van der Waals surface area contributed by atoms with Crippen molar-refractivity contribution in [1.29, 1.82) is 0 Å². The maximum atomic E-state index is 4.45. The molecule has 0 bridgehead atoms. The average Bonchev–Trinajstić information content (AvgIpc) is 2.46. The molecule has 23 heavy (non-hydrogen) atoms. The smallest absolute Gasteiger partial charge is 0.136 e. The lowest BCUT2D eigenvalue weighted by Crippen LogP contribution is -2.21. The van der Waals surface area contributed by atoms with Gasteiger partial charge in [-0.05, 0) is 45.3 Å². The molecule has 0 aliphatic heterocycles. The van der Waals surface area contributed by atoms with Crippen LogP contribution in [0.4, 0.5) is 23.0 Å². The van der Waals surface area contributed by atoms with Crippen LogP contribution in [0, 0.1) is 6.92 Å². The van der Waals surface area contributed by atoms with Gasteiger partial charge < -0.3 is 20.4 Å². The maximum absolute atomic E-state index is 4.45. The largest absolute Gasteiger partial charge is 0.378 e. The van der Waals surface area contributed by atoms with Crippen LogP contribution in [0.25, 0.3) is 0 Å². The van der Waals surface area contributed by atoms with Crippen LogP contribution in [0.2, 0.25) is 0 Å². The number of benzene rings is 1. The van der Waals surface area contributed by atoms with E-state index in [-0.39, 0.29) is 0 Å². The van der Waals surface area contributed by atoms with Gasteiger partial charge in [-0.15, -0.1) is 0 Å². The predicted molar refractivity (Wildman–Crippen MR) is 97.9 cm³/mol. The molecule has 0 saturated carbocycles. The van der Waals surface area contributed by atoms with E-state index in [1.807, 2.05) is 39.2 Å². The molecule has 0 fully saturated rings. The Morgan fingerprint density at radius 1 is 0.957 bits per heavy atom. The lowest BCUT2D eigenvalue weighted by atomic mass is 10.2. The van der Waals surface area contributed by atoms with E-state index in [1.165, 1.54) is 5.69 Å². The summed E-state index contributed by atoms with van der Waals surface area (Å²) in [5.74, 6) is 2.38. The first kappa shape index (κ1) is 17.0. The SMILES string of the molecule is Cc1nc(NCCN(C)C)cc(Nc2ccc(N(C)C)cc2)n1. The summed E-state index contributed by atoms with van der Waals surface area (Å²) in [7, 11) is 8.17. The van der Waals surface area contributed by atoms with Gasteiger partial charge >= 0.3 is 0 Å². The van der Waals surface area contributed by atoms with Crippen LogP contribution in [0.15, 0.2) is 30.3 Å². The third-order valence-corrected chi connectivity index (χ3v) is 3.36. The van der Waals surface area contributed by atoms with Gasteiger partial charge in [-0.1, -0.05) is 0 Å². The minimum absolute atomic E-state index is 0.743. The fourth-order valence-electron chi connectivity index (χ4n) is 2.12. The number of nitrogens with zero attached hydrogens (tertiary/aromatic N) is 4. The van der Waals surface area contributed by atoms with Crippen molar-refractivity contribution in [3.8, 4) is 0 Å². The Kier molecular flexibility index (Phi) is 5.76. The van der Waals surface area contributed by atoms with Gasteiger partial charge in [-0.3, -0.25) is 0 Å². The quantitative estimate of drug-likeness (QED) is 0.819. The van der Waals surface area contributed by atoms with Gasteiger partial charge in [-0.25, -0.2) is 9.97 Å². The molecule has 6 heteroatoms. The van der Waals surface area contributed by atoms with Crippen LogP contribution in [-0.4, -0.2) is 56.1 Å². The number of aryl methyl sites for hydroxylation is 1. The number of rotatable bonds is 7. The van der Waals surface area contributed by atoms with Crippen LogP contribution in [0.3, 0.4) is 0 Å². The zero-order valence-corrected chi connectivity index (χ0v) is 14.6. The molecule has 0 unspecified atom stereocenters. The Balaban J connectivity index is 2.05.